The summed E-state index contributed by atoms with van der Waals surface area (Å²) in [6.07, 6.45) is 3.55. The monoisotopic (exact) mass is 421 g/mol. The molecule has 0 spiro atoms. The average Bonchev–Trinajstić information content (AvgIpc) is 3.18. The number of hydrogen-bond acceptors (Lipinski definition) is 5. The maximum absolute atomic E-state index is 12.3. The standard InChI is InChI=1S/C24H27N3O4/c1-13-9-16(26-24(30)23-25-12-21(29)27-23)10-14(2)18(13)11-15-7-8-19(28)22-17(15)5-4-6-20(22)31-3/h7-10,20,28H,4-6,11-12H2,1-3H3,(H,26,30)(H,25,27,29)/t20-/m0/s1. The summed E-state index contributed by atoms with van der Waals surface area (Å²) >= 11 is 0. The number of nitrogens with one attached hydrogen (secondary N) is 2. The minimum atomic E-state index is -0.421. The van der Waals surface area contributed by atoms with Gasteiger partial charge in [0.05, 0.1) is 6.10 Å². The van der Waals surface area contributed by atoms with Crippen molar-refractivity contribution in [2.24, 2.45) is 4.99 Å². The van der Waals surface area contributed by atoms with Crippen LogP contribution >= 0.6 is 0 Å². The molecule has 0 unspecified atom stereocenters. The largest absolute Gasteiger partial charge is 0.508 e. The Morgan fingerprint density at radius 1 is 1.29 bits per heavy atom. The number of carbonyl (C=O) groups is 2. The molecule has 2 aromatic rings. The molecular formula is C24H27N3O4. The summed E-state index contributed by atoms with van der Waals surface area (Å²) in [5.74, 6) is -0.345. The van der Waals surface area contributed by atoms with E-state index < -0.39 is 5.91 Å². The van der Waals surface area contributed by atoms with Crippen molar-refractivity contribution in [2.45, 2.75) is 45.6 Å². The van der Waals surface area contributed by atoms with E-state index >= 15 is 0 Å². The molecule has 1 heterocycles. The van der Waals surface area contributed by atoms with Crippen molar-refractivity contribution in [3.05, 3.63) is 57.6 Å². The van der Waals surface area contributed by atoms with E-state index in [4.69, 9.17) is 4.74 Å². The minimum Gasteiger partial charge on any atom is -0.508 e. The first-order valence-corrected chi connectivity index (χ1v) is 10.5. The molecule has 1 aliphatic carbocycles. The Hall–Kier alpha value is -3.19. The van der Waals surface area contributed by atoms with Gasteiger partial charge in [-0.25, -0.2) is 0 Å². The van der Waals surface area contributed by atoms with Crippen LogP contribution in [0, 0.1) is 13.8 Å². The lowest BCUT2D eigenvalue weighted by Gasteiger charge is -2.27. The zero-order chi connectivity index (χ0) is 22.1. The summed E-state index contributed by atoms with van der Waals surface area (Å²) in [4.78, 5) is 27.5. The molecule has 0 saturated heterocycles. The summed E-state index contributed by atoms with van der Waals surface area (Å²) < 4.78 is 5.62. The molecule has 0 saturated carbocycles. The molecule has 2 amide bonds. The van der Waals surface area contributed by atoms with Crippen LogP contribution in [0.1, 0.15) is 52.3 Å². The number of nitrogens with zero attached hydrogens (tertiary/aromatic N) is 1. The van der Waals surface area contributed by atoms with E-state index in [0.717, 1.165) is 42.4 Å². The fraction of sp³-hybridized carbons (Fsp3) is 0.375. The van der Waals surface area contributed by atoms with Crippen LogP contribution in [0.4, 0.5) is 5.69 Å². The number of phenols is 1. The highest BCUT2D eigenvalue weighted by atomic mass is 16.5. The molecule has 31 heavy (non-hydrogen) atoms. The number of phenolic OH excluding ortho intramolecular Hbond substituents is 1. The predicted molar refractivity (Wildman–Crippen MR) is 119 cm³/mol. The van der Waals surface area contributed by atoms with E-state index in [9.17, 15) is 14.7 Å². The van der Waals surface area contributed by atoms with Gasteiger partial charge in [-0.15, -0.1) is 0 Å². The highest BCUT2D eigenvalue weighted by Crippen LogP contribution is 2.40. The van der Waals surface area contributed by atoms with E-state index in [1.807, 2.05) is 32.0 Å². The topological polar surface area (TPSA) is 100 Å². The van der Waals surface area contributed by atoms with Gasteiger partial charge in [0.1, 0.15) is 12.3 Å². The Balaban J connectivity index is 1.59. The van der Waals surface area contributed by atoms with E-state index in [2.05, 4.69) is 15.6 Å². The summed E-state index contributed by atoms with van der Waals surface area (Å²) in [5.41, 5.74) is 7.29. The van der Waals surface area contributed by atoms with Gasteiger partial charge in [0.15, 0.2) is 5.84 Å². The van der Waals surface area contributed by atoms with Gasteiger partial charge in [-0.1, -0.05) is 6.07 Å². The van der Waals surface area contributed by atoms with Crippen molar-refractivity contribution in [1.82, 2.24) is 5.32 Å². The lowest BCUT2D eigenvalue weighted by Crippen LogP contribution is -2.35. The fourth-order valence-corrected chi connectivity index (χ4v) is 4.58. The summed E-state index contributed by atoms with van der Waals surface area (Å²) in [7, 11) is 1.69. The molecule has 0 radical (unpaired) electrons. The van der Waals surface area contributed by atoms with Crippen LogP contribution in [-0.2, 0) is 27.2 Å². The Bertz CT molecular complexity index is 1070. The molecule has 0 bridgehead atoms. The van der Waals surface area contributed by atoms with Crippen molar-refractivity contribution >= 4 is 23.3 Å². The normalized spacial score (nSPS) is 17.7. The SMILES string of the molecule is CO[C@H]1CCCc2c(Cc3c(C)cc(NC(=O)C4=NCC(=O)N4)cc3C)ccc(O)c21. The van der Waals surface area contributed by atoms with Crippen LogP contribution in [-0.4, -0.2) is 36.4 Å². The summed E-state index contributed by atoms with van der Waals surface area (Å²) in [6, 6.07) is 7.63. The Morgan fingerprint density at radius 3 is 2.68 bits per heavy atom. The zero-order valence-electron chi connectivity index (χ0n) is 18.0. The second-order valence-corrected chi connectivity index (χ2v) is 8.19. The predicted octanol–water partition coefficient (Wildman–Crippen LogP) is 3.09. The molecule has 7 heteroatoms. The van der Waals surface area contributed by atoms with Crippen LogP contribution in [0.25, 0.3) is 0 Å². The van der Waals surface area contributed by atoms with Crippen LogP contribution in [0.15, 0.2) is 29.3 Å². The van der Waals surface area contributed by atoms with Gasteiger partial charge in [-0.05, 0) is 85.5 Å². The Kier molecular flexibility index (Phi) is 5.78. The number of ether oxygens (including phenoxy) is 1. The van der Waals surface area contributed by atoms with Crippen LogP contribution in [0.3, 0.4) is 0 Å². The number of methoxy groups -OCH3 is 1. The highest BCUT2D eigenvalue weighted by Gasteiger charge is 2.26. The van der Waals surface area contributed by atoms with Gasteiger partial charge in [0.25, 0.3) is 5.91 Å². The maximum atomic E-state index is 12.3. The molecule has 3 N–H and O–H groups in total. The first-order chi connectivity index (χ1) is 14.9. The second-order valence-electron chi connectivity index (χ2n) is 8.19. The van der Waals surface area contributed by atoms with Gasteiger partial charge in [0.2, 0.25) is 5.91 Å². The molecule has 2 aromatic carbocycles. The highest BCUT2D eigenvalue weighted by molar-refractivity contribution is 6.45. The minimum absolute atomic E-state index is 0.0133. The molecular weight excluding hydrogens is 394 g/mol. The number of aryl methyl sites for hydroxylation is 2. The molecule has 162 valence electrons. The molecule has 1 atom stereocenters. The van der Waals surface area contributed by atoms with Crippen molar-refractivity contribution in [3.63, 3.8) is 0 Å². The van der Waals surface area contributed by atoms with E-state index in [1.165, 1.54) is 16.7 Å². The number of fused-ring (bicyclic) bond motifs is 1. The Labute approximate surface area is 181 Å². The quantitative estimate of drug-likeness (QED) is 0.691. The zero-order valence-corrected chi connectivity index (χ0v) is 18.0. The average molecular weight is 421 g/mol. The van der Waals surface area contributed by atoms with Crippen molar-refractivity contribution in [2.75, 3.05) is 19.0 Å². The number of rotatable bonds is 5. The molecule has 0 aromatic heterocycles. The number of amides is 2. The number of aliphatic imine (C=N–C) groups is 1. The summed E-state index contributed by atoms with van der Waals surface area (Å²) in [5, 5.41) is 15.7. The molecule has 0 fully saturated rings. The lowest BCUT2D eigenvalue weighted by molar-refractivity contribution is -0.118. The first kappa shape index (κ1) is 21.1. The van der Waals surface area contributed by atoms with Gasteiger partial charge in [0, 0.05) is 18.4 Å². The van der Waals surface area contributed by atoms with E-state index in [0.29, 0.717) is 11.4 Å². The van der Waals surface area contributed by atoms with Crippen LogP contribution in [0.5, 0.6) is 5.75 Å². The lowest BCUT2D eigenvalue weighted by atomic mass is 9.83. The number of carbonyl (C=O) groups excluding carboxylic acids is 2. The third-order valence-corrected chi connectivity index (χ3v) is 6.11. The van der Waals surface area contributed by atoms with Gasteiger partial charge in [-0.2, -0.15) is 0 Å². The number of benzene rings is 2. The third-order valence-electron chi connectivity index (χ3n) is 6.11. The smallest absolute Gasteiger partial charge is 0.291 e. The summed E-state index contributed by atoms with van der Waals surface area (Å²) in [6.45, 7) is 4.04. The first-order valence-electron chi connectivity index (χ1n) is 10.5. The molecule has 7 nitrogen and oxygen atoms in total. The number of aromatic hydroxyl groups is 1. The fourth-order valence-electron chi connectivity index (χ4n) is 4.58. The van der Waals surface area contributed by atoms with Crippen LogP contribution in [0.2, 0.25) is 0 Å². The molecule has 2 aliphatic rings. The van der Waals surface area contributed by atoms with Gasteiger partial charge < -0.3 is 20.5 Å². The van der Waals surface area contributed by atoms with Crippen LogP contribution < -0.4 is 10.6 Å². The number of amidine groups is 1. The third kappa shape index (κ3) is 4.18. The van der Waals surface area contributed by atoms with Crippen molar-refractivity contribution in [1.29, 1.82) is 0 Å². The molecule has 1 aliphatic heterocycles. The van der Waals surface area contributed by atoms with Crippen molar-refractivity contribution in [3.8, 4) is 5.75 Å². The van der Waals surface area contributed by atoms with E-state index in [-0.39, 0.29) is 24.4 Å². The van der Waals surface area contributed by atoms with Crippen molar-refractivity contribution < 1.29 is 19.4 Å². The van der Waals surface area contributed by atoms with Gasteiger partial charge in [-0.3, -0.25) is 14.6 Å². The number of hydrogen-bond donors (Lipinski definition) is 3. The molecule has 4 rings (SSSR count). The maximum Gasteiger partial charge on any atom is 0.291 e. The Morgan fingerprint density at radius 2 is 2.03 bits per heavy atom. The second kappa shape index (κ2) is 8.51. The number of anilines is 1. The van der Waals surface area contributed by atoms with Gasteiger partial charge >= 0.3 is 0 Å². The van der Waals surface area contributed by atoms with E-state index in [1.54, 1.807) is 13.2 Å².